The normalized spacial score (nSPS) is 10.5. The molecule has 1 heterocycles. The van der Waals surface area contributed by atoms with Crippen LogP contribution in [0.1, 0.15) is 17.1 Å². The molecule has 1 aromatic heterocycles. The molecule has 7 heteroatoms. The van der Waals surface area contributed by atoms with E-state index in [1.165, 1.54) is 10.6 Å². The standard InChI is InChI=1S/C23H25N3O4/c1-17-14-23(28)26(15-22(27)24-13-12-18-6-4-3-5-7-18)21(25-17)16-30-20-10-8-19(29-2)9-11-20/h3-11,14H,12-13,15-16H2,1-2H3,(H,24,27). The van der Waals surface area contributed by atoms with Crippen molar-refractivity contribution in [3.05, 3.63) is 88.1 Å². The fourth-order valence-corrected chi connectivity index (χ4v) is 2.97. The third kappa shape index (κ3) is 5.94. The summed E-state index contributed by atoms with van der Waals surface area (Å²) in [7, 11) is 1.59. The summed E-state index contributed by atoms with van der Waals surface area (Å²) in [6, 6.07) is 18.4. The second kappa shape index (κ2) is 10.2. The number of carbonyl (C=O) groups excluding carboxylic acids is 1. The predicted molar refractivity (Wildman–Crippen MR) is 114 cm³/mol. The molecule has 1 N–H and O–H groups in total. The van der Waals surface area contributed by atoms with E-state index >= 15 is 0 Å². The molecule has 0 aliphatic carbocycles. The van der Waals surface area contributed by atoms with Gasteiger partial charge in [0.15, 0.2) is 0 Å². The fourth-order valence-electron chi connectivity index (χ4n) is 2.97. The third-order valence-corrected chi connectivity index (χ3v) is 4.52. The van der Waals surface area contributed by atoms with Gasteiger partial charge in [0.1, 0.15) is 30.5 Å². The summed E-state index contributed by atoms with van der Waals surface area (Å²) in [6.07, 6.45) is 0.723. The smallest absolute Gasteiger partial charge is 0.254 e. The van der Waals surface area contributed by atoms with E-state index in [9.17, 15) is 9.59 Å². The summed E-state index contributed by atoms with van der Waals surface area (Å²) in [5.41, 5.74) is 1.43. The lowest BCUT2D eigenvalue weighted by Gasteiger charge is -2.14. The number of hydrogen-bond acceptors (Lipinski definition) is 5. The molecule has 3 aromatic rings. The first-order valence-corrected chi connectivity index (χ1v) is 9.70. The molecule has 0 fully saturated rings. The van der Waals surface area contributed by atoms with Crippen molar-refractivity contribution < 1.29 is 14.3 Å². The number of benzene rings is 2. The highest BCUT2D eigenvalue weighted by Gasteiger charge is 2.12. The van der Waals surface area contributed by atoms with Crippen LogP contribution < -0.4 is 20.3 Å². The lowest BCUT2D eigenvalue weighted by Crippen LogP contribution is -2.35. The molecule has 0 spiro atoms. The Kier molecular flexibility index (Phi) is 7.21. The van der Waals surface area contributed by atoms with E-state index < -0.39 is 0 Å². The van der Waals surface area contributed by atoms with Crippen LogP contribution >= 0.6 is 0 Å². The van der Waals surface area contributed by atoms with Crippen molar-refractivity contribution >= 4 is 5.91 Å². The highest BCUT2D eigenvalue weighted by molar-refractivity contribution is 5.75. The second-order valence-corrected chi connectivity index (χ2v) is 6.79. The van der Waals surface area contributed by atoms with Crippen molar-refractivity contribution in [3.8, 4) is 11.5 Å². The zero-order chi connectivity index (χ0) is 21.3. The Hall–Kier alpha value is -3.61. The van der Waals surface area contributed by atoms with Crippen LogP contribution in [0.15, 0.2) is 65.5 Å². The lowest BCUT2D eigenvalue weighted by molar-refractivity contribution is -0.121. The number of nitrogens with zero attached hydrogens (tertiary/aromatic N) is 2. The summed E-state index contributed by atoms with van der Waals surface area (Å²) in [4.78, 5) is 29.2. The number of carbonyl (C=O) groups is 1. The van der Waals surface area contributed by atoms with E-state index in [0.29, 0.717) is 23.8 Å². The Balaban J connectivity index is 1.63. The maximum absolute atomic E-state index is 12.5. The molecule has 30 heavy (non-hydrogen) atoms. The molecular weight excluding hydrogens is 382 g/mol. The minimum absolute atomic E-state index is 0.0700. The van der Waals surface area contributed by atoms with Gasteiger partial charge in [0.05, 0.1) is 7.11 Å². The van der Waals surface area contributed by atoms with E-state index in [1.54, 1.807) is 38.3 Å². The van der Waals surface area contributed by atoms with Gasteiger partial charge < -0.3 is 14.8 Å². The zero-order valence-electron chi connectivity index (χ0n) is 17.1. The molecule has 0 bridgehead atoms. The monoisotopic (exact) mass is 407 g/mol. The van der Waals surface area contributed by atoms with Gasteiger partial charge in [-0.1, -0.05) is 30.3 Å². The molecule has 156 valence electrons. The number of methoxy groups -OCH3 is 1. The Morgan fingerprint density at radius 1 is 1.07 bits per heavy atom. The van der Waals surface area contributed by atoms with Gasteiger partial charge in [0.2, 0.25) is 5.91 Å². The van der Waals surface area contributed by atoms with Crippen molar-refractivity contribution in [2.45, 2.75) is 26.5 Å². The quantitative estimate of drug-likeness (QED) is 0.589. The Bertz CT molecular complexity index is 1030. The van der Waals surface area contributed by atoms with Crippen molar-refractivity contribution in [2.24, 2.45) is 0 Å². The fraction of sp³-hybridized carbons (Fsp3) is 0.261. The number of rotatable bonds is 9. The van der Waals surface area contributed by atoms with Crippen molar-refractivity contribution in [1.82, 2.24) is 14.9 Å². The van der Waals surface area contributed by atoms with Crippen LogP contribution in [0.25, 0.3) is 0 Å². The molecule has 0 saturated heterocycles. The largest absolute Gasteiger partial charge is 0.497 e. The molecule has 0 unspecified atom stereocenters. The van der Waals surface area contributed by atoms with E-state index in [1.807, 2.05) is 30.3 Å². The lowest BCUT2D eigenvalue weighted by atomic mass is 10.1. The summed E-state index contributed by atoms with van der Waals surface area (Å²) < 4.78 is 12.2. The van der Waals surface area contributed by atoms with Gasteiger partial charge in [-0.25, -0.2) is 4.98 Å². The van der Waals surface area contributed by atoms with E-state index in [2.05, 4.69) is 10.3 Å². The minimum Gasteiger partial charge on any atom is -0.497 e. The highest BCUT2D eigenvalue weighted by Crippen LogP contribution is 2.17. The summed E-state index contributed by atoms with van der Waals surface area (Å²) in [6.45, 7) is 2.19. The van der Waals surface area contributed by atoms with Gasteiger partial charge in [0.25, 0.3) is 5.56 Å². The Morgan fingerprint density at radius 3 is 2.47 bits per heavy atom. The zero-order valence-corrected chi connectivity index (χ0v) is 17.1. The van der Waals surface area contributed by atoms with Gasteiger partial charge in [0, 0.05) is 18.3 Å². The van der Waals surface area contributed by atoms with Gasteiger partial charge in [-0.05, 0) is 43.2 Å². The van der Waals surface area contributed by atoms with Crippen LogP contribution in [0.3, 0.4) is 0 Å². The maximum atomic E-state index is 12.5. The van der Waals surface area contributed by atoms with Gasteiger partial charge in [-0.15, -0.1) is 0 Å². The van der Waals surface area contributed by atoms with Crippen LogP contribution in [-0.4, -0.2) is 29.1 Å². The molecule has 1 amide bonds. The first-order valence-electron chi connectivity index (χ1n) is 9.70. The molecule has 0 saturated carbocycles. The van der Waals surface area contributed by atoms with Crippen LogP contribution in [0.4, 0.5) is 0 Å². The molecule has 0 aliphatic rings. The topological polar surface area (TPSA) is 82.5 Å². The van der Waals surface area contributed by atoms with Crippen molar-refractivity contribution in [2.75, 3.05) is 13.7 Å². The number of aromatic nitrogens is 2. The Morgan fingerprint density at radius 2 is 1.77 bits per heavy atom. The number of hydrogen-bond donors (Lipinski definition) is 1. The van der Waals surface area contributed by atoms with Gasteiger partial charge in [-0.2, -0.15) is 0 Å². The molecule has 0 radical (unpaired) electrons. The predicted octanol–water partition coefficient (Wildman–Crippen LogP) is 2.50. The van der Waals surface area contributed by atoms with Crippen LogP contribution in [0.2, 0.25) is 0 Å². The first kappa shape index (κ1) is 21.1. The average molecular weight is 407 g/mol. The van der Waals surface area contributed by atoms with Gasteiger partial charge in [-0.3, -0.25) is 14.2 Å². The molecular formula is C23H25N3O4. The SMILES string of the molecule is COc1ccc(OCc2nc(C)cc(=O)n2CC(=O)NCCc2ccccc2)cc1. The molecule has 0 atom stereocenters. The van der Waals surface area contributed by atoms with Crippen molar-refractivity contribution in [1.29, 1.82) is 0 Å². The summed E-state index contributed by atoms with van der Waals surface area (Å²) >= 11 is 0. The molecule has 0 aliphatic heterocycles. The third-order valence-electron chi connectivity index (χ3n) is 4.52. The van der Waals surface area contributed by atoms with E-state index in [0.717, 1.165) is 17.7 Å². The summed E-state index contributed by atoms with van der Waals surface area (Å²) in [5.74, 6) is 1.49. The van der Waals surface area contributed by atoms with Crippen LogP contribution in [0.5, 0.6) is 11.5 Å². The summed E-state index contributed by atoms with van der Waals surface area (Å²) in [5, 5.41) is 2.85. The van der Waals surface area contributed by atoms with Crippen LogP contribution in [-0.2, 0) is 24.4 Å². The number of ether oxygens (including phenoxy) is 2. The maximum Gasteiger partial charge on any atom is 0.254 e. The molecule has 7 nitrogen and oxygen atoms in total. The molecule has 2 aromatic carbocycles. The average Bonchev–Trinajstić information content (AvgIpc) is 2.75. The van der Waals surface area contributed by atoms with Crippen molar-refractivity contribution in [3.63, 3.8) is 0 Å². The minimum atomic E-state index is -0.283. The second-order valence-electron chi connectivity index (χ2n) is 6.79. The first-order chi connectivity index (χ1) is 14.5. The highest BCUT2D eigenvalue weighted by atomic mass is 16.5. The number of amides is 1. The van der Waals surface area contributed by atoms with Gasteiger partial charge >= 0.3 is 0 Å². The van der Waals surface area contributed by atoms with E-state index in [-0.39, 0.29) is 24.6 Å². The molecule has 3 rings (SSSR count). The number of nitrogens with one attached hydrogen (secondary N) is 1. The van der Waals surface area contributed by atoms with Crippen LogP contribution in [0, 0.1) is 6.92 Å². The Labute approximate surface area is 175 Å². The van der Waals surface area contributed by atoms with E-state index in [4.69, 9.17) is 9.47 Å². The number of aryl methyl sites for hydroxylation is 1.